The van der Waals surface area contributed by atoms with Gasteiger partial charge in [0.1, 0.15) is 12.7 Å². The highest BCUT2D eigenvalue weighted by Gasteiger charge is 2.41. The molecule has 1 heterocycles. The van der Waals surface area contributed by atoms with Gasteiger partial charge >= 0.3 is 5.97 Å². The molecule has 5 heteroatoms. The number of esters is 1. The van der Waals surface area contributed by atoms with Crippen LogP contribution in [-0.4, -0.2) is 14.3 Å². The summed E-state index contributed by atoms with van der Waals surface area (Å²) in [7, 11) is -2.13. The summed E-state index contributed by atoms with van der Waals surface area (Å²) in [5.74, 6) is -0.459. The molecule has 0 amide bonds. The maximum absolute atomic E-state index is 12.6. The van der Waals surface area contributed by atoms with Crippen LogP contribution in [-0.2, 0) is 20.6 Å². The number of ether oxygens (including phenoxy) is 1. The van der Waals surface area contributed by atoms with Crippen LogP contribution in [0, 0.1) is 0 Å². The minimum absolute atomic E-state index is 0.00318. The number of furan rings is 1. The molecule has 2 aromatic rings. The van der Waals surface area contributed by atoms with Gasteiger partial charge in [-0.25, -0.2) is 4.79 Å². The highest BCUT2D eigenvalue weighted by atomic mass is 28.4. The van der Waals surface area contributed by atoms with E-state index in [0.29, 0.717) is 0 Å². The van der Waals surface area contributed by atoms with Gasteiger partial charge in [-0.2, -0.15) is 0 Å². The van der Waals surface area contributed by atoms with Gasteiger partial charge < -0.3 is 13.6 Å². The fourth-order valence-electron chi connectivity index (χ4n) is 2.16. The molecular formula is C21H28O4Si. The van der Waals surface area contributed by atoms with E-state index in [-0.39, 0.29) is 17.2 Å². The molecule has 0 saturated heterocycles. The predicted octanol–water partition coefficient (Wildman–Crippen LogP) is 5.64. The predicted molar refractivity (Wildman–Crippen MR) is 105 cm³/mol. The first-order valence-electron chi connectivity index (χ1n) is 8.71. The van der Waals surface area contributed by atoms with Crippen molar-refractivity contribution in [2.45, 2.75) is 51.6 Å². The van der Waals surface area contributed by atoms with Crippen molar-refractivity contribution in [1.29, 1.82) is 0 Å². The zero-order valence-corrected chi connectivity index (χ0v) is 17.2. The van der Waals surface area contributed by atoms with Crippen LogP contribution in [0.4, 0.5) is 0 Å². The van der Waals surface area contributed by atoms with E-state index >= 15 is 0 Å². The van der Waals surface area contributed by atoms with Crippen molar-refractivity contribution in [1.82, 2.24) is 0 Å². The Bertz CT molecular complexity index is 727. The number of hydrogen-bond donors (Lipinski definition) is 0. The molecule has 0 saturated carbocycles. The minimum Gasteiger partial charge on any atom is -0.472 e. The van der Waals surface area contributed by atoms with Gasteiger partial charge in [-0.15, -0.1) is 0 Å². The highest BCUT2D eigenvalue weighted by Crippen LogP contribution is 2.41. The van der Waals surface area contributed by atoms with Gasteiger partial charge in [0.25, 0.3) is 0 Å². The van der Waals surface area contributed by atoms with Crippen molar-refractivity contribution < 1.29 is 18.4 Å². The smallest absolute Gasteiger partial charge is 0.336 e. The molecule has 1 aromatic heterocycles. The molecule has 140 valence electrons. The van der Waals surface area contributed by atoms with Crippen LogP contribution < -0.4 is 0 Å². The summed E-state index contributed by atoms with van der Waals surface area (Å²) in [5.41, 5.74) is 1.99. The van der Waals surface area contributed by atoms with Crippen LogP contribution in [0.3, 0.4) is 0 Å². The Morgan fingerprint density at radius 2 is 1.85 bits per heavy atom. The minimum atomic E-state index is -2.13. The Morgan fingerprint density at radius 3 is 2.38 bits per heavy atom. The fraction of sp³-hybridized carbons (Fsp3) is 0.381. The normalized spacial score (nSPS) is 13.3. The maximum Gasteiger partial charge on any atom is 0.336 e. The Balaban J connectivity index is 2.14. The first kappa shape index (κ1) is 20.2. The quantitative estimate of drug-likeness (QED) is 0.358. The van der Waals surface area contributed by atoms with E-state index in [9.17, 15) is 4.79 Å². The van der Waals surface area contributed by atoms with E-state index in [1.54, 1.807) is 18.6 Å². The number of benzene rings is 1. The van der Waals surface area contributed by atoms with Gasteiger partial charge in [0.05, 0.1) is 18.1 Å². The summed E-state index contributed by atoms with van der Waals surface area (Å²) < 4.78 is 17.1. The van der Waals surface area contributed by atoms with Crippen molar-refractivity contribution in [3.8, 4) is 0 Å². The molecule has 4 nitrogen and oxygen atoms in total. The molecule has 1 unspecified atom stereocenters. The molecular weight excluding hydrogens is 344 g/mol. The molecule has 1 atom stereocenters. The molecule has 0 radical (unpaired) electrons. The zero-order valence-electron chi connectivity index (χ0n) is 16.2. The van der Waals surface area contributed by atoms with E-state index in [4.69, 9.17) is 13.6 Å². The number of carbonyl (C=O) groups is 1. The van der Waals surface area contributed by atoms with E-state index in [1.807, 2.05) is 30.3 Å². The van der Waals surface area contributed by atoms with Gasteiger partial charge in [0.15, 0.2) is 8.32 Å². The van der Waals surface area contributed by atoms with Gasteiger partial charge in [0.2, 0.25) is 0 Å². The molecule has 0 bridgehead atoms. The van der Waals surface area contributed by atoms with Gasteiger partial charge in [0, 0.05) is 5.56 Å². The van der Waals surface area contributed by atoms with Crippen LogP contribution in [0.1, 0.15) is 38.0 Å². The molecule has 0 fully saturated rings. The van der Waals surface area contributed by atoms with Crippen LogP contribution in [0.2, 0.25) is 18.1 Å². The molecule has 0 aliphatic heterocycles. The summed E-state index contributed by atoms with van der Waals surface area (Å²) in [4.78, 5) is 12.6. The lowest BCUT2D eigenvalue weighted by molar-refractivity contribution is -0.141. The second-order valence-corrected chi connectivity index (χ2v) is 12.7. The second kappa shape index (κ2) is 8.06. The SMILES string of the molecule is C=C(C(=O)OCc1ccccc1)C(O[Si](C)(C)C(C)(C)C)c1ccoc1. The Kier molecular flexibility index (Phi) is 6.26. The Hall–Kier alpha value is -2.11. The van der Waals surface area contributed by atoms with Gasteiger partial charge in [-0.1, -0.05) is 57.7 Å². The lowest BCUT2D eigenvalue weighted by Crippen LogP contribution is -2.42. The summed E-state index contributed by atoms with van der Waals surface area (Å²) in [6.45, 7) is 14.9. The molecule has 1 aromatic carbocycles. The van der Waals surface area contributed by atoms with Crippen molar-refractivity contribution in [3.05, 3.63) is 72.2 Å². The largest absolute Gasteiger partial charge is 0.472 e. The summed E-state index contributed by atoms with van der Waals surface area (Å²) >= 11 is 0. The molecule has 0 spiro atoms. The lowest BCUT2D eigenvalue weighted by atomic mass is 10.1. The first-order chi connectivity index (χ1) is 12.1. The van der Waals surface area contributed by atoms with Crippen molar-refractivity contribution >= 4 is 14.3 Å². The number of rotatable bonds is 7. The van der Waals surface area contributed by atoms with Crippen LogP contribution in [0.25, 0.3) is 0 Å². The number of hydrogen-bond acceptors (Lipinski definition) is 4. The third-order valence-corrected chi connectivity index (χ3v) is 9.29. The third kappa shape index (κ3) is 4.96. The zero-order chi connectivity index (χ0) is 19.4. The van der Waals surface area contributed by atoms with Crippen molar-refractivity contribution in [2.75, 3.05) is 0 Å². The molecule has 26 heavy (non-hydrogen) atoms. The lowest BCUT2D eigenvalue weighted by Gasteiger charge is -2.39. The van der Waals surface area contributed by atoms with E-state index in [0.717, 1.165) is 11.1 Å². The number of carbonyl (C=O) groups excluding carboxylic acids is 1. The fourth-order valence-corrected chi connectivity index (χ4v) is 3.38. The van der Waals surface area contributed by atoms with E-state index < -0.39 is 20.4 Å². The Labute approximate surface area is 157 Å². The average Bonchev–Trinajstić information content (AvgIpc) is 3.11. The van der Waals surface area contributed by atoms with Crippen molar-refractivity contribution in [2.24, 2.45) is 0 Å². The average molecular weight is 373 g/mol. The van der Waals surface area contributed by atoms with Crippen LogP contribution >= 0.6 is 0 Å². The monoisotopic (exact) mass is 372 g/mol. The third-order valence-electron chi connectivity index (χ3n) is 4.86. The second-order valence-electron chi connectivity index (χ2n) is 7.90. The highest BCUT2D eigenvalue weighted by molar-refractivity contribution is 6.74. The molecule has 0 N–H and O–H groups in total. The van der Waals surface area contributed by atoms with Gasteiger partial charge in [-0.3, -0.25) is 0 Å². The summed E-state index contributed by atoms with van der Waals surface area (Å²) in [6.07, 6.45) is 2.59. The summed E-state index contributed by atoms with van der Waals surface area (Å²) in [6, 6.07) is 11.4. The van der Waals surface area contributed by atoms with Crippen LogP contribution in [0.5, 0.6) is 0 Å². The summed E-state index contributed by atoms with van der Waals surface area (Å²) in [5, 5.41) is 0.00318. The van der Waals surface area contributed by atoms with Gasteiger partial charge in [-0.05, 0) is 29.8 Å². The first-order valence-corrected chi connectivity index (χ1v) is 11.6. The van der Waals surface area contributed by atoms with Crippen molar-refractivity contribution in [3.63, 3.8) is 0 Å². The van der Waals surface area contributed by atoms with E-state index in [2.05, 4.69) is 40.4 Å². The molecule has 0 aliphatic rings. The van der Waals surface area contributed by atoms with E-state index in [1.165, 1.54) is 0 Å². The maximum atomic E-state index is 12.6. The van der Waals surface area contributed by atoms with Crippen LogP contribution in [0.15, 0.2) is 65.5 Å². The Morgan fingerprint density at radius 1 is 1.19 bits per heavy atom. The molecule has 0 aliphatic carbocycles. The standard InChI is InChI=1S/C21H28O4Si/c1-16(20(22)24-14-17-10-8-7-9-11-17)19(18-12-13-23-15-18)25-26(5,6)21(2,3)4/h7-13,15,19H,1,14H2,2-6H3. The topological polar surface area (TPSA) is 48.7 Å². The molecule has 2 rings (SSSR count).